The Morgan fingerprint density at radius 2 is 1.82 bits per heavy atom. The third-order valence-corrected chi connectivity index (χ3v) is 3.52. The molecule has 0 aliphatic heterocycles. The van der Waals surface area contributed by atoms with Gasteiger partial charge in [-0.15, -0.1) is 0 Å². The molecular weight excluding hydrogens is 231 g/mol. The number of aliphatic hydroxyl groups excluding tert-OH is 1. The van der Waals surface area contributed by atoms with Crippen LogP contribution in [0.25, 0.3) is 0 Å². The van der Waals surface area contributed by atoms with E-state index in [1.54, 1.807) is 0 Å². The molecule has 0 aromatic heterocycles. The van der Waals surface area contributed by atoms with Crippen molar-refractivity contribution in [1.82, 2.24) is 5.32 Å². The quantitative estimate of drug-likeness (QED) is 0.789. The first-order chi connectivity index (χ1) is 7.93. The highest BCUT2D eigenvalue weighted by molar-refractivity contribution is 4.79. The number of aliphatic hydroxyl groups is 1. The van der Waals surface area contributed by atoms with E-state index in [9.17, 15) is 13.2 Å². The lowest BCUT2D eigenvalue weighted by molar-refractivity contribution is -0.202. The van der Waals surface area contributed by atoms with Gasteiger partial charge in [-0.05, 0) is 31.6 Å². The molecule has 102 valence electrons. The second kappa shape index (κ2) is 6.59. The maximum atomic E-state index is 12.1. The summed E-state index contributed by atoms with van der Waals surface area (Å²) in [6.07, 6.45) is -0.318. The van der Waals surface area contributed by atoms with E-state index in [4.69, 9.17) is 5.11 Å². The first kappa shape index (κ1) is 14.8. The fourth-order valence-corrected chi connectivity index (χ4v) is 2.46. The molecule has 0 radical (unpaired) electrons. The van der Waals surface area contributed by atoms with Crippen molar-refractivity contribution < 1.29 is 18.3 Å². The van der Waals surface area contributed by atoms with E-state index in [0.29, 0.717) is 0 Å². The number of hydrogen-bond donors (Lipinski definition) is 2. The summed E-state index contributed by atoms with van der Waals surface area (Å²) in [5.41, 5.74) is 0. The normalized spacial score (nSPS) is 28.1. The predicted octanol–water partition coefficient (Wildman–Crippen LogP) is 2.86. The van der Waals surface area contributed by atoms with Crippen LogP contribution in [0.3, 0.4) is 0 Å². The van der Waals surface area contributed by atoms with Gasteiger partial charge in [0.05, 0.1) is 0 Å². The van der Waals surface area contributed by atoms with Gasteiger partial charge in [0.25, 0.3) is 0 Å². The predicted molar refractivity (Wildman–Crippen MR) is 60.7 cm³/mol. The van der Waals surface area contributed by atoms with Crippen molar-refractivity contribution in [3.05, 3.63) is 0 Å². The van der Waals surface area contributed by atoms with Gasteiger partial charge in [-0.1, -0.05) is 19.8 Å². The van der Waals surface area contributed by atoms with Gasteiger partial charge < -0.3 is 10.4 Å². The van der Waals surface area contributed by atoms with E-state index in [0.717, 1.165) is 31.6 Å². The first-order valence-electron chi connectivity index (χ1n) is 6.41. The SMILES string of the molecule is CCCC1CCC(NCC(O)C(F)(F)F)CC1. The van der Waals surface area contributed by atoms with Crippen LogP contribution < -0.4 is 5.32 Å². The van der Waals surface area contributed by atoms with Crippen LogP contribution in [-0.2, 0) is 0 Å². The van der Waals surface area contributed by atoms with Gasteiger partial charge in [0, 0.05) is 12.6 Å². The third kappa shape index (κ3) is 5.25. The molecule has 1 saturated carbocycles. The van der Waals surface area contributed by atoms with Gasteiger partial charge in [-0.3, -0.25) is 0 Å². The van der Waals surface area contributed by atoms with Crippen LogP contribution in [0, 0.1) is 5.92 Å². The van der Waals surface area contributed by atoms with Crippen LogP contribution in [0.1, 0.15) is 45.4 Å². The lowest BCUT2D eigenvalue weighted by Gasteiger charge is -2.30. The van der Waals surface area contributed by atoms with Gasteiger partial charge in [-0.2, -0.15) is 13.2 Å². The lowest BCUT2D eigenvalue weighted by Crippen LogP contribution is -2.43. The highest BCUT2D eigenvalue weighted by Gasteiger charge is 2.38. The first-order valence-corrected chi connectivity index (χ1v) is 6.41. The summed E-state index contributed by atoms with van der Waals surface area (Å²) in [7, 11) is 0. The van der Waals surface area contributed by atoms with Crippen LogP contribution in [0.4, 0.5) is 13.2 Å². The molecule has 2 N–H and O–H groups in total. The maximum Gasteiger partial charge on any atom is 0.415 e. The molecule has 1 fully saturated rings. The van der Waals surface area contributed by atoms with E-state index in [2.05, 4.69) is 12.2 Å². The number of halogens is 3. The minimum atomic E-state index is -4.51. The molecular formula is C12H22F3NO. The number of nitrogens with one attached hydrogen (secondary N) is 1. The van der Waals surface area contributed by atoms with Gasteiger partial charge in [-0.25, -0.2) is 0 Å². The Morgan fingerprint density at radius 1 is 1.24 bits per heavy atom. The minimum absolute atomic E-state index is 0.139. The molecule has 0 heterocycles. The van der Waals surface area contributed by atoms with Crippen LogP contribution in [-0.4, -0.2) is 30.0 Å². The lowest BCUT2D eigenvalue weighted by atomic mass is 9.83. The third-order valence-electron chi connectivity index (χ3n) is 3.52. The van der Waals surface area contributed by atoms with Crippen molar-refractivity contribution in [3.63, 3.8) is 0 Å². The minimum Gasteiger partial charge on any atom is -0.382 e. The van der Waals surface area contributed by atoms with Crippen LogP contribution in [0.2, 0.25) is 0 Å². The Kier molecular flexibility index (Phi) is 5.73. The summed E-state index contributed by atoms with van der Waals surface area (Å²) in [4.78, 5) is 0. The van der Waals surface area contributed by atoms with Crippen LogP contribution in [0.5, 0.6) is 0 Å². The average Bonchev–Trinajstić information content (AvgIpc) is 2.27. The maximum absolute atomic E-state index is 12.1. The summed E-state index contributed by atoms with van der Waals surface area (Å²) < 4.78 is 36.2. The molecule has 1 rings (SSSR count). The molecule has 0 aromatic carbocycles. The van der Waals surface area contributed by atoms with Crippen molar-refractivity contribution in [2.24, 2.45) is 5.92 Å². The molecule has 0 aromatic rings. The van der Waals surface area contributed by atoms with Gasteiger partial charge in [0.15, 0.2) is 6.10 Å². The number of rotatable bonds is 5. The highest BCUT2D eigenvalue weighted by atomic mass is 19.4. The number of hydrogen-bond acceptors (Lipinski definition) is 2. The van der Waals surface area contributed by atoms with Crippen molar-refractivity contribution in [2.75, 3.05) is 6.54 Å². The summed E-state index contributed by atoms with van der Waals surface area (Å²) >= 11 is 0. The monoisotopic (exact) mass is 253 g/mol. The fraction of sp³-hybridized carbons (Fsp3) is 1.00. The van der Waals surface area contributed by atoms with Gasteiger partial charge in [0.1, 0.15) is 0 Å². The zero-order valence-electron chi connectivity index (χ0n) is 10.3. The van der Waals surface area contributed by atoms with E-state index in [-0.39, 0.29) is 12.6 Å². The summed E-state index contributed by atoms with van der Waals surface area (Å²) in [6, 6.07) is 0.139. The van der Waals surface area contributed by atoms with Gasteiger partial charge >= 0.3 is 6.18 Å². The van der Waals surface area contributed by atoms with E-state index < -0.39 is 12.3 Å². The van der Waals surface area contributed by atoms with Crippen molar-refractivity contribution in [1.29, 1.82) is 0 Å². The smallest absolute Gasteiger partial charge is 0.382 e. The molecule has 0 bridgehead atoms. The molecule has 1 aliphatic carbocycles. The number of alkyl halides is 3. The summed E-state index contributed by atoms with van der Waals surface area (Å²) in [5, 5.41) is 11.7. The highest BCUT2D eigenvalue weighted by Crippen LogP contribution is 2.28. The Bertz CT molecular complexity index is 212. The molecule has 1 atom stereocenters. The van der Waals surface area contributed by atoms with Crippen LogP contribution in [0.15, 0.2) is 0 Å². The Hall–Kier alpha value is -0.290. The van der Waals surface area contributed by atoms with E-state index >= 15 is 0 Å². The molecule has 1 unspecified atom stereocenters. The molecule has 17 heavy (non-hydrogen) atoms. The van der Waals surface area contributed by atoms with Crippen molar-refractivity contribution >= 4 is 0 Å². The van der Waals surface area contributed by atoms with E-state index in [1.807, 2.05) is 0 Å². The summed E-state index contributed by atoms with van der Waals surface area (Å²) in [5.74, 6) is 0.741. The van der Waals surface area contributed by atoms with Gasteiger partial charge in [0.2, 0.25) is 0 Å². The standard InChI is InChI=1S/C12H22F3NO/c1-2-3-9-4-6-10(7-5-9)16-8-11(17)12(13,14)15/h9-11,16-17H,2-8H2,1H3. The second-order valence-corrected chi connectivity index (χ2v) is 4.97. The largest absolute Gasteiger partial charge is 0.415 e. The second-order valence-electron chi connectivity index (χ2n) is 4.97. The molecule has 0 spiro atoms. The molecule has 1 aliphatic rings. The molecule has 2 nitrogen and oxygen atoms in total. The molecule has 0 saturated heterocycles. The molecule has 0 amide bonds. The average molecular weight is 253 g/mol. The van der Waals surface area contributed by atoms with Crippen molar-refractivity contribution in [2.45, 2.75) is 63.8 Å². The summed E-state index contributed by atoms with van der Waals surface area (Å²) in [6.45, 7) is 1.77. The fourth-order valence-electron chi connectivity index (χ4n) is 2.46. The Balaban J connectivity index is 2.18. The Labute approximate surface area is 101 Å². The van der Waals surface area contributed by atoms with Crippen molar-refractivity contribution in [3.8, 4) is 0 Å². The Morgan fingerprint density at radius 3 is 2.29 bits per heavy atom. The topological polar surface area (TPSA) is 32.3 Å². The zero-order chi connectivity index (χ0) is 12.9. The van der Waals surface area contributed by atoms with Crippen LogP contribution >= 0.6 is 0 Å². The van der Waals surface area contributed by atoms with E-state index in [1.165, 1.54) is 12.8 Å². The zero-order valence-corrected chi connectivity index (χ0v) is 10.3. The molecule has 5 heteroatoms.